The molecule has 1 saturated heterocycles. The van der Waals surface area contributed by atoms with Gasteiger partial charge in [-0.05, 0) is 31.0 Å². The Morgan fingerprint density at radius 3 is 2.82 bits per heavy atom. The van der Waals surface area contributed by atoms with Gasteiger partial charge in [0.2, 0.25) is 0 Å². The van der Waals surface area contributed by atoms with Gasteiger partial charge >= 0.3 is 0 Å². The van der Waals surface area contributed by atoms with E-state index in [-0.39, 0.29) is 12.0 Å². The largest absolute Gasteiger partial charge is 0.495 e. The van der Waals surface area contributed by atoms with Gasteiger partial charge in [0.1, 0.15) is 5.75 Å². The quantitative estimate of drug-likeness (QED) is 0.567. The average Bonchev–Trinajstić information content (AvgIpc) is 2.54. The van der Waals surface area contributed by atoms with Gasteiger partial charge in [0, 0.05) is 24.3 Å². The third-order valence-electron chi connectivity index (χ3n) is 3.90. The van der Waals surface area contributed by atoms with Crippen molar-refractivity contribution in [3.05, 3.63) is 23.2 Å². The van der Waals surface area contributed by atoms with E-state index in [1.165, 1.54) is 0 Å². The number of aliphatic hydroxyl groups is 1. The summed E-state index contributed by atoms with van der Waals surface area (Å²) in [6.07, 6.45) is 1.57. The fourth-order valence-electron chi connectivity index (χ4n) is 2.36. The minimum Gasteiger partial charge on any atom is -0.495 e. The second-order valence-corrected chi connectivity index (χ2v) is 5.85. The summed E-state index contributed by atoms with van der Waals surface area (Å²) in [6.45, 7) is 1.85. The highest BCUT2D eigenvalue weighted by Gasteiger charge is 2.31. The van der Waals surface area contributed by atoms with Crippen LogP contribution >= 0.6 is 11.6 Å². The fourth-order valence-corrected chi connectivity index (χ4v) is 2.61. The molecule has 7 heteroatoms. The number of hydrogen-bond donors (Lipinski definition) is 3. The van der Waals surface area contributed by atoms with Crippen molar-refractivity contribution in [2.45, 2.75) is 12.8 Å². The van der Waals surface area contributed by atoms with Crippen LogP contribution in [-0.2, 0) is 4.74 Å². The lowest BCUT2D eigenvalue weighted by Crippen LogP contribution is -2.37. The van der Waals surface area contributed by atoms with Crippen molar-refractivity contribution in [2.75, 3.05) is 38.8 Å². The summed E-state index contributed by atoms with van der Waals surface area (Å²) in [4.78, 5) is 4.35. The normalized spacial score (nSPS) is 18.0. The van der Waals surface area contributed by atoms with E-state index in [4.69, 9.17) is 26.8 Å². The number of methoxy groups -OCH3 is 1. The summed E-state index contributed by atoms with van der Waals surface area (Å²) in [5.41, 5.74) is 6.41. The Balaban J connectivity index is 1.98. The van der Waals surface area contributed by atoms with Gasteiger partial charge in [-0.2, -0.15) is 0 Å². The third-order valence-corrected chi connectivity index (χ3v) is 4.19. The molecule has 1 aromatic carbocycles. The number of halogens is 1. The van der Waals surface area contributed by atoms with Crippen molar-refractivity contribution in [3.63, 3.8) is 0 Å². The highest BCUT2D eigenvalue weighted by Crippen LogP contribution is 2.30. The zero-order chi connectivity index (χ0) is 16.0. The number of nitrogens with two attached hydrogens (primary N) is 1. The average molecular weight is 328 g/mol. The number of hydrogen-bond acceptors (Lipinski definition) is 4. The highest BCUT2D eigenvalue weighted by molar-refractivity contribution is 6.32. The third kappa shape index (κ3) is 4.25. The Labute approximate surface area is 135 Å². The maximum absolute atomic E-state index is 9.62. The summed E-state index contributed by atoms with van der Waals surface area (Å²) >= 11 is 6.06. The van der Waals surface area contributed by atoms with Crippen LogP contribution in [0.15, 0.2) is 23.2 Å². The Kier molecular flexibility index (Phi) is 5.88. The van der Waals surface area contributed by atoms with Crippen LogP contribution in [0.25, 0.3) is 0 Å². The lowest BCUT2D eigenvalue weighted by Gasteiger charge is -2.34. The first-order valence-electron chi connectivity index (χ1n) is 7.18. The predicted octanol–water partition coefficient (Wildman–Crippen LogP) is 1.86. The Morgan fingerprint density at radius 1 is 1.50 bits per heavy atom. The van der Waals surface area contributed by atoms with Crippen LogP contribution in [0, 0.1) is 5.41 Å². The summed E-state index contributed by atoms with van der Waals surface area (Å²) in [5, 5.41) is 13.1. The van der Waals surface area contributed by atoms with E-state index in [0.717, 1.165) is 18.5 Å². The molecule has 122 valence electrons. The van der Waals surface area contributed by atoms with Gasteiger partial charge in [0.25, 0.3) is 0 Å². The molecule has 1 aliphatic heterocycles. The van der Waals surface area contributed by atoms with Gasteiger partial charge in [-0.3, -0.25) is 4.99 Å². The molecule has 0 bridgehead atoms. The molecule has 0 atom stereocenters. The van der Waals surface area contributed by atoms with E-state index < -0.39 is 0 Å². The number of nitrogens with zero attached hydrogens (tertiary/aromatic N) is 1. The van der Waals surface area contributed by atoms with Gasteiger partial charge in [0.15, 0.2) is 5.96 Å². The predicted molar refractivity (Wildman–Crippen MR) is 87.7 cm³/mol. The van der Waals surface area contributed by atoms with Gasteiger partial charge in [0.05, 0.1) is 25.3 Å². The number of guanidine groups is 1. The lowest BCUT2D eigenvalue weighted by molar-refractivity contribution is -0.0105. The molecule has 6 nitrogen and oxygen atoms in total. The molecular weight excluding hydrogens is 306 g/mol. The Bertz CT molecular complexity index is 531. The molecule has 1 heterocycles. The van der Waals surface area contributed by atoms with E-state index in [1.807, 2.05) is 6.07 Å². The van der Waals surface area contributed by atoms with Gasteiger partial charge in [-0.1, -0.05) is 11.6 Å². The molecule has 0 saturated carbocycles. The van der Waals surface area contributed by atoms with E-state index >= 15 is 0 Å². The van der Waals surface area contributed by atoms with Crippen molar-refractivity contribution in [2.24, 2.45) is 16.1 Å². The maximum Gasteiger partial charge on any atom is 0.193 e. The molecule has 0 aromatic heterocycles. The van der Waals surface area contributed by atoms with Gasteiger partial charge in [-0.15, -0.1) is 0 Å². The topological polar surface area (TPSA) is 89.1 Å². The molecule has 0 radical (unpaired) electrons. The molecular formula is C15H22ClN3O3. The number of aliphatic imine (C=N–C) groups is 1. The van der Waals surface area contributed by atoms with Crippen LogP contribution in [0.5, 0.6) is 5.75 Å². The minimum absolute atomic E-state index is 0.0848. The number of anilines is 1. The number of benzene rings is 1. The molecule has 1 aliphatic rings. The molecule has 0 spiro atoms. The van der Waals surface area contributed by atoms with E-state index in [2.05, 4.69) is 10.3 Å². The zero-order valence-electron chi connectivity index (χ0n) is 12.6. The standard InChI is InChI=1S/C15H22ClN3O3/c1-21-13-3-2-11(8-12(13)16)19-14(17)18-9-15(10-20)4-6-22-7-5-15/h2-3,8,20H,4-7,9-10H2,1H3,(H3,17,18,19). The second-order valence-electron chi connectivity index (χ2n) is 5.45. The number of aliphatic hydroxyl groups excluding tert-OH is 1. The lowest BCUT2D eigenvalue weighted by atomic mass is 9.81. The number of nitrogens with one attached hydrogen (secondary N) is 1. The smallest absolute Gasteiger partial charge is 0.193 e. The summed E-state index contributed by atoms with van der Waals surface area (Å²) in [7, 11) is 1.56. The van der Waals surface area contributed by atoms with E-state index in [9.17, 15) is 5.11 Å². The van der Waals surface area contributed by atoms with Gasteiger partial charge in [-0.25, -0.2) is 0 Å². The van der Waals surface area contributed by atoms with Crippen LogP contribution in [0.1, 0.15) is 12.8 Å². The van der Waals surface area contributed by atoms with Gasteiger partial charge < -0.3 is 25.6 Å². The van der Waals surface area contributed by atoms with E-state index in [1.54, 1.807) is 19.2 Å². The van der Waals surface area contributed by atoms with Crippen LogP contribution in [-0.4, -0.2) is 44.5 Å². The minimum atomic E-state index is -0.234. The second kappa shape index (κ2) is 7.67. The van der Waals surface area contributed by atoms with Crippen molar-refractivity contribution in [3.8, 4) is 5.75 Å². The number of rotatable bonds is 5. The summed E-state index contributed by atoms with van der Waals surface area (Å²) in [5.74, 6) is 0.893. The van der Waals surface area contributed by atoms with E-state index in [0.29, 0.717) is 36.5 Å². The molecule has 22 heavy (non-hydrogen) atoms. The molecule has 1 fully saturated rings. The molecule has 2 rings (SSSR count). The first-order valence-corrected chi connectivity index (χ1v) is 7.55. The van der Waals surface area contributed by atoms with Crippen molar-refractivity contribution in [1.82, 2.24) is 0 Å². The van der Waals surface area contributed by atoms with Crippen molar-refractivity contribution >= 4 is 23.2 Å². The molecule has 4 N–H and O–H groups in total. The molecule has 0 unspecified atom stereocenters. The monoisotopic (exact) mass is 327 g/mol. The van der Waals surface area contributed by atoms with Crippen LogP contribution in [0.3, 0.4) is 0 Å². The molecule has 1 aromatic rings. The van der Waals surface area contributed by atoms with Crippen LogP contribution in [0.4, 0.5) is 5.69 Å². The van der Waals surface area contributed by atoms with Crippen LogP contribution in [0.2, 0.25) is 5.02 Å². The summed E-state index contributed by atoms with van der Waals surface area (Å²) in [6, 6.07) is 5.29. The highest BCUT2D eigenvalue weighted by atomic mass is 35.5. The number of ether oxygens (including phenoxy) is 2. The van der Waals surface area contributed by atoms with Crippen molar-refractivity contribution in [1.29, 1.82) is 0 Å². The maximum atomic E-state index is 9.62. The fraction of sp³-hybridized carbons (Fsp3) is 0.533. The van der Waals surface area contributed by atoms with Crippen LogP contribution < -0.4 is 15.8 Å². The zero-order valence-corrected chi connectivity index (χ0v) is 13.4. The molecule has 0 aliphatic carbocycles. The Hall–Kier alpha value is -1.50. The van der Waals surface area contributed by atoms with Crippen molar-refractivity contribution < 1.29 is 14.6 Å². The Morgan fingerprint density at radius 2 is 2.23 bits per heavy atom. The first-order chi connectivity index (χ1) is 10.6. The SMILES string of the molecule is COc1ccc(NC(N)=NCC2(CO)CCOCC2)cc1Cl. The molecule has 0 amide bonds. The summed E-state index contributed by atoms with van der Waals surface area (Å²) < 4.78 is 10.4. The first kappa shape index (κ1) is 16.9.